The number of hydrogen-bond acceptors (Lipinski definition) is 3. The summed E-state index contributed by atoms with van der Waals surface area (Å²) in [4.78, 5) is 25.1. The topological polar surface area (TPSA) is 46.6 Å². The van der Waals surface area contributed by atoms with Crippen LogP contribution in [0, 0.1) is 0 Å². The van der Waals surface area contributed by atoms with E-state index in [2.05, 4.69) is 0 Å². The van der Waals surface area contributed by atoms with E-state index >= 15 is 0 Å². The molecule has 94 valence electrons. The molecular formula is C14H15NO3. The maximum atomic E-state index is 11.8. The fourth-order valence-corrected chi connectivity index (χ4v) is 2.71. The number of benzene rings is 1. The highest BCUT2D eigenvalue weighted by atomic mass is 16.6. The van der Waals surface area contributed by atoms with Crippen molar-refractivity contribution in [3.8, 4) is 0 Å². The van der Waals surface area contributed by atoms with Crippen LogP contribution < -0.4 is 0 Å². The molecule has 1 saturated heterocycles. The largest absolute Gasteiger partial charge is 0.444 e. The molecule has 0 unspecified atom stereocenters. The quantitative estimate of drug-likeness (QED) is 0.801. The minimum Gasteiger partial charge on any atom is -0.444 e. The van der Waals surface area contributed by atoms with Gasteiger partial charge in [0.15, 0.2) is 0 Å². The minimum atomic E-state index is -0.288. The van der Waals surface area contributed by atoms with Crippen molar-refractivity contribution in [2.45, 2.75) is 38.0 Å². The molecule has 1 aromatic carbocycles. The monoisotopic (exact) mass is 245 g/mol. The second kappa shape index (κ2) is 4.44. The molecule has 2 aliphatic rings. The van der Waals surface area contributed by atoms with E-state index in [-0.39, 0.29) is 24.0 Å². The Kier molecular flexibility index (Phi) is 2.78. The number of fused-ring (bicyclic) bond motifs is 1. The van der Waals surface area contributed by atoms with Gasteiger partial charge >= 0.3 is 6.09 Å². The van der Waals surface area contributed by atoms with Gasteiger partial charge in [-0.3, -0.25) is 9.69 Å². The molecule has 2 atom stereocenters. The number of carbonyl (C=O) groups excluding carboxylic acids is 2. The number of ether oxygens (including phenoxy) is 1. The number of nitrogens with zero attached hydrogens (tertiary/aromatic N) is 1. The van der Waals surface area contributed by atoms with Crippen molar-refractivity contribution in [2.75, 3.05) is 0 Å². The Morgan fingerprint density at radius 3 is 2.78 bits per heavy atom. The van der Waals surface area contributed by atoms with Crippen molar-refractivity contribution in [3.05, 3.63) is 35.9 Å². The highest BCUT2D eigenvalue weighted by Gasteiger charge is 2.44. The molecule has 1 aliphatic carbocycles. The number of Topliss-reactive ketones (excluding diaryl/α,β-unsaturated/α-hetero) is 1. The third kappa shape index (κ3) is 1.98. The fraction of sp³-hybridized carbons (Fsp3) is 0.429. The zero-order valence-electron chi connectivity index (χ0n) is 10.0. The smallest absolute Gasteiger partial charge is 0.410 e. The molecule has 0 radical (unpaired) electrons. The van der Waals surface area contributed by atoms with Gasteiger partial charge in [-0.2, -0.15) is 0 Å². The van der Waals surface area contributed by atoms with Crippen LogP contribution in [-0.4, -0.2) is 28.9 Å². The van der Waals surface area contributed by atoms with Gasteiger partial charge < -0.3 is 4.74 Å². The van der Waals surface area contributed by atoms with Gasteiger partial charge in [-0.1, -0.05) is 30.3 Å². The van der Waals surface area contributed by atoms with E-state index < -0.39 is 0 Å². The van der Waals surface area contributed by atoms with E-state index in [0.29, 0.717) is 25.8 Å². The van der Waals surface area contributed by atoms with Gasteiger partial charge in [0, 0.05) is 19.4 Å². The summed E-state index contributed by atoms with van der Waals surface area (Å²) in [6, 6.07) is 9.72. The summed E-state index contributed by atoms with van der Waals surface area (Å²) < 4.78 is 5.33. The van der Waals surface area contributed by atoms with Gasteiger partial charge in [0.05, 0.1) is 6.04 Å². The Morgan fingerprint density at radius 2 is 2.00 bits per heavy atom. The van der Waals surface area contributed by atoms with Gasteiger partial charge in [0.25, 0.3) is 0 Å². The second-order valence-corrected chi connectivity index (χ2v) is 4.88. The molecule has 2 fully saturated rings. The summed E-state index contributed by atoms with van der Waals surface area (Å²) in [7, 11) is 0. The molecule has 1 amide bonds. The molecule has 0 bridgehead atoms. The second-order valence-electron chi connectivity index (χ2n) is 4.88. The Bertz CT molecular complexity index is 471. The van der Waals surface area contributed by atoms with E-state index in [1.54, 1.807) is 4.90 Å². The summed E-state index contributed by atoms with van der Waals surface area (Å²) in [5.41, 5.74) is 1.06. The molecule has 0 spiro atoms. The van der Waals surface area contributed by atoms with Crippen LogP contribution in [0.25, 0.3) is 0 Å². The zero-order chi connectivity index (χ0) is 12.5. The summed E-state index contributed by atoms with van der Waals surface area (Å²) >= 11 is 0. The summed E-state index contributed by atoms with van der Waals surface area (Å²) in [5.74, 6) is 0.229. The molecule has 1 aliphatic heterocycles. The first kappa shape index (κ1) is 11.3. The normalized spacial score (nSPS) is 27.0. The first-order valence-corrected chi connectivity index (χ1v) is 6.27. The molecule has 1 heterocycles. The molecule has 1 aromatic rings. The van der Waals surface area contributed by atoms with Crippen LogP contribution in [0.15, 0.2) is 30.3 Å². The fourth-order valence-electron chi connectivity index (χ4n) is 2.71. The predicted molar refractivity (Wildman–Crippen MR) is 64.9 cm³/mol. The Hall–Kier alpha value is -1.84. The van der Waals surface area contributed by atoms with Gasteiger partial charge in [0.1, 0.15) is 11.9 Å². The van der Waals surface area contributed by atoms with Crippen LogP contribution in [0.5, 0.6) is 0 Å². The molecule has 4 heteroatoms. The predicted octanol–water partition coefficient (Wildman–Crippen LogP) is 2.13. The van der Waals surface area contributed by atoms with Crippen molar-refractivity contribution in [1.29, 1.82) is 0 Å². The van der Waals surface area contributed by atoms with E-state index in [1.165, 1.54) is 0 Å². The molecule has 0 aromatic heterocycles. The van der Waals surface area contributed by atoms with Crippen molar-refractivity contribution in [3.63, 3.8) is 0 Å². The van der Waals surface area contributed by atoms with Crippen LogP contribution in [-0.2, 0) is 16.1 Å². The molecule has 1 saturated carbocycles. The van der Waals surface area contributed by atoms with Gasteiger partial charge in [-0.15, -0.1) is 0 Å². The van der Waals surface area contributed by atoms with Crippen molar-refractivity contribution in [2.24, 2.45) is 0 Å². The van der Waals surface area contributed by atoms with Crippen LogP contribution in [0.2, 0.25) is 0 Å². The van der Waals surface area contributed by atoms with Crippen LogP contribution >= 0.6 is 0 Å². The van der Waals surface area contributed by atoms with Gasteiger partial charge in [-0.05, 0) is 12.0 Å². The highest BCUT2D eigenvalue weighted by Crippen LogP contribution is 2.31. The molecule has 3 rings (SSSR count). The third-order valence-corrected chi connectivity index (χ3v) is 3.66. The first-order valence-electron chi connectivity index (χ1n) is 6.27. The molecule has 0 N–H and O–H groups in total. The van der Waals surface area contributed by atoms with Crippen LogP contribution in [0.1, 0.15) is 24.8 Å². The maximum absolute atomic E-state index is 11.8. The van der Waals surface area contributed by atoms with Gasteiger partial charge in [0.2, 0.25) is 0 Å². The average Bonchev–Trinajstić information content (AvgIpc) is 2.67. The minimum absolute atomic E-state index is 0.0704. The maximum Gasteiger partial charge on any atom is 0.410 e. The summed E-state index contributed by atoms with van der Waals surface area (Å²) in [6.07, 6.45) is 1.25. The number of ketones is 1. The van der Waals surface area contributed by atoms with E-state index in [1.807, 2.05) is 30.3 Å². The van der Waals surface area contributed by atoms with E-state index in [4.69, 9.17) is 4.74 Å². The summed E-state index contributed by atoms with van der Waals surface area (Å²) in [6.45, 7) is 0.522. The lowest BCUT2D eigenvalue weighted by molar-refractivity contribution is -0.122. The molecule has 4 nitrogen and oxygen atoms in total. The molecule has 18 heavy (non-hydrogen) atoms. The SMILES string of the molecule is O=C1CC[C@H]2OC(=O)N(Cc3ccccc3)[C@@H]2C1. The molecular weight excluding hydrogens is 230 g/mol. The number of carbonyl (C=O) groups is 2. The number of amides is 1. The Morgan fingerprint density at radius 1 is 1.22 bits per heavy atom. The van der Waals surface area contributed by atoms with Crippen LogP contribution in [0.4, 0.5) is 4.79 Å². The first-order chi connectivity index (χ1) is 8.74. The lowest BCUT2D eigenvalue weighted by atomic mass is 9.91. The van der Waals surface area contributed by atoms with Crippen molar-refractivity contribution >= 4 is 11.9 Å². The third-order valence-electron chi connectivity index (χ3n) is 3.66. The average molecular weight is 245 g/mol. The number of rotatable bonds is 2. The van der Waals surface area contributed by atoms with Crippen molar-refractivity contribution < 1.29 is 14.3 Å². The van der Waals surface area contributed by atoms with E-state index in [0.717, 1.165) is 5.56 Å². The lowest BCUT2D eigenvalue weighted by Crippen LogP contribution is -2.40. The highest BCUT2D eigenvalue weighted by molar-refractivity contribution is 5.82. The zero-order valence-corrected chi connectivity index (χ0v) is 10.0. The Balaban J connectivity index is 1.78. The standard InChI is InChI=1S/C14H15NO3/c16-11-6-7-13-12(8-11)15(14(17)18-13)9-10-4-2-1-3-5-10/h1-5,12-13H,6-9H2/t12-,13-/m1/s1. The number of hydrogen-bond donors (Lipinski definition) is 0. The van der Waals surface area contributed by atoms with Gasteiger partial charge in [-0.25, -0.2) is 4.79 Å². The van der Waals surface area contributed by atoms with Crippen LogP contribution in [0.3, 0.4) is 0 Å². The Labute approximate surface area is 106 Å². The van der Waals surface area contributed by atoms with E-state index in [9.17, 15) is 9.59 Å². The summed E-state index contributed by atoms with van der Waals surface area (Å²) in [5, 5.41) is 0. The lowest BCUT2D eigenvalue weighted by Gasteiger charge is -2.27. The van der Waals surface area contributed by atoms with Crippen molar-refractivity contribution in [1.82, 2.24) is 4.90 Å².